The first-order chi connectivity index (χ1) is 12.4. The number of rotatable bonds is 8. The highest BCUT2D eigenvalue weighted by Gasteiger charge is 2.56. The fourth-order valence-electron chi connectivity index (χ4n) is 3.49. The summed E-state index contributed by atoms with van der Waals surface area (Å²) in [6.45, 7) is 4.99. The molecule has 4 unspecified atom stereocenters. The van der Waals surface area contributed by atoms with E-state index in [1.165, 1.54) is 19.3 Å². The average molecular weight is 386 g/mol. The van der Waals surface area contributed by atoms with Gasteiger partial charge in [-0.1, -0.05) is 13.0 Å². The van der Waals surface area contributed by atoms with Crippen molar-refractivity contribution in [1.29, 1.82) is 0 Å². The summed E-state index contributed by atoms with van der Waals surface area (Å²) in [6, 6.07) is -0.137. The summed E-state index contributed by atoms with van der Waals surface area (Å²) in [7, 11) is 1.17. The Kier molecular flexibility index (Phi) is 7.08. The molecule has 8 nitrogen and oxygen atoms in total. The number of thioether (sulfide) groups is 1. The molecule has 2 rings (SSSR count). The van der Waals surface area contributed by atoms with Gasteiger partial charge in [-0.3, -0.25) is 14.9 Å². The van der Waals surface area contributed by atoms with Gasteiger partial charge in [-0.05, 0) is 31.6 Å². The molecule has 0 radical (unpaired) electrons. The van der Waals surface area contributed by atoms with Crippen molar-refractivity contribution in [2.75, 3.05) is 26.0 Å². The molecule has 0 saturated carbocycles. The molecule has 1 aliphatic carbocycles. The molecular weight excluding hydrogens is 360 g/mol. The van der Waals surface area contributed by atoms with Gasteiger partial charge in [0.1, 0.15) is 11.2 Å². The maximum absolute atomic E-state index is 13.2. The molecule has 1 amide bonds. The van der Waals surface area contributed by atoms with Crippen LogP contribution in [0.2, 0.25) is 0 Å². The number of methoxy groups -OCH3 is 1. The predicted octanol–water partition coefficient (Wildman–Crippen LogP) is 2.34. The van der Waals surface area contributed by atoms with Crippen LogP contribution in [0.15, 0.2) is 24.0 Å². The summed E-state index contributed by atoms with van der Waals surface area (Å²) < 4.78 is 10.9. The van der Waals surface area contributed by atoms with Crippen molar-refractivity contribution in [3.05, 3.63) is 34.1 Å². The van der Waals surface area contributed by atoms with Crippen LogP contribution in [-0.4, -0.2) is 64.1 Å². The van der Waals surface area contributed by atoms with Gasteiger partial charge in [-0.15, -0.1) is 11.8 Å². The molecule has 2 aliphatic rings. The standard InChI is InChI=1S/C17H26N2O6S/c1-4-25-16(26-5-2)14-7-6-10-18(14)15(21)13-9-8-12(20)11-17(13,24-3)19(22)23/h8-9,11,13-14,16,20H,4-7,10H2,1-3H3. The number of amides is 1. The van der Waals surface area contributed by atoms with Gasteiger partial charge in [0.25, 0.3) is 0 Å². The van der Waals surface area contributed by atoms with Gasteiger partial charge in [-0.25, -0.2) is 0 Å². The van der Waals surface area contributed by atoms with Crippen molar-refractivity contribution >= 4 is 17.7 Å². The lowest BCUT2D eigenvalue weighted by Crippen LogP contribution is -2.55. The van der Waals surface area contributed by atoms with Crippen LogP contribution >= 0.6 is 11.8 Å². The number of carbonyl (C=O) groups excluding carboxylic acids is 1. The van der Waals surface area contributed by atoms with E-state index in [4.69, 9.17) is 9.47 Å². The molecule has 0 aromatic carbocycles. The van der Waals surface area contributed by atoms with Crippen LogP contribution in [0.3, 0.4) is 0 Å². The zero-order valence-corrected chi connectivity index (χ0v) is 16.1. The number of hydrogen-bond acceptors (Lipinski definition) is 7. The summed E-state index contributed by atoms with van der Waals surface area (Å²) in [5, 5.41) is 21.4. The first kappa shape index (κ1) is 20.7. The molecule has 1 fully saturated rings. The third-order valence-corrected chi connectivity index (χ3v) is 5.81. The van der Waals surface area contributed by atoms with Crippen LogP contribution in [0.5, 0.6) is 0 Å². The zero-order valence-electron chi connectivity index (χ0n) is 15.3. The van der Waals surface area contributed by atoms with E-state index >= 15 is 0 Å². The number of hydrogen-bond donors (Lipinski definition) is 1. The lowest BCUT2D eigenvalue weighted by Gasteiger charge is -2.35. The topological polar surface area (TPSA) is 102 Å². The molecule has 1 N–H and O–H groups in total. The molecule has 146 valence electrons. The zero-order chi connectivity index (χ0) is 19.3. The maximum Gasteiger partial charge on any atom is 0.363 e. The van der Waals surface area contributed by atoms with Crippen LogP contribution in [-0.2, 0) is 14.3 Å². The second kappa shape index (κ2) is 8.88. The van der Waals surface area contributed by atoms with Crippen LogP contribution in [0.4, 0.5) is 0 Å². The lowest BCUT2D eigenvalue weighted by molar-refractivity contribution is -0.617. The summed E-state index contributed by atoms with van der Waals surface area (Å²) in [4.78, 5) is 25.9. The normalized spacial score (nSPS) is 29.5. The Balaban J connectivity index is 2.30. The maximum atomic E-state index is 13.2. The van der Waals surface area contributed by atoms with E-state index in [1.807, 2.05) is 13.8 Å². The number of allylic oxidation sites excluding steroid dienone is 1. The molecule has 0 spiro atoms. The Morgan fingerprint density at radius 2 is 2.31 bits per heavy atom. The second-order valence-corrected chi connectivity index (χ2v) is 7.51. The number of aliphatic hydroxyl groups excluding tert-OH is 1. The Hall–Kier alpha value is -1.58. The quantitative estimate of drug-likeness (QED) is 0.388. The summed E-state index contributed by atoms with van der Waals surface area (Å²) in [5.74, 6) is -0.972. The summed E-state index contributed by atoms with van der Waals surface area (Å²) in [6.07, 6.45) is 5.25. The Bertz CT molecular complexity index is 590. The molecule has 0 aromatic heterocycles. The van der Waals surface area contributed by atoms with E-state index in [2.05, 4.69) is 0 Å². The minimum atomic E-state index is -2.11. The van der Waals surface area contributed by atoms with E-state index in [1.54, 1.807) is 16.7 Å². The number of carbonyl (C=O) groups is 1. The Labute approximate surface area is 157 Å². The van der Waals surface area contributed by atoms with Gasteiger partial charge < -0.3 is 19.5 Å². The number of aliphatic hydroxyl groups is 1. The van der Waals surface area contributed by atoms with Crippen molar-refractivity contribution in [2.24, 2.45) is 5.92 Å². The van der Waals surface area contributed by atoms with Crippen LogP contribution in [0.25, 0.3) is 0 Å². The molecule has 0 bridgehead atoms. The molecule has 4 atom stereocenters. The minimum absolute atomic E-state index is 0.137. The highest BCUT2D eigenvalue weighted by atomic mass is 32.2. The summed E-state index contributed by atoms with van der Waals surface area (Å²) >= 11 is 1.63. The van der Waals surface area contributed by atoms with Gasteiger partial charge in [0, 0.05) is 20.3 Å². The van der Waals surface area contributed by atoms with Gasteiger partial charge >= 0.3 is 5.72 Å². The van der Waals surface area contributed by atoms with Crippen molar-refractivity contribution in [1.82, 2.24) is 4.90 Å². The third kappa shape index (κ3) is 3.89. The first-order valence-corrected chi connectivity index (χ1v) is 9.79. The van der Waals surface area contributed by atoms with Crippen LogP contribution in [0, 0.1) is 16.0 Å². The molecule has 1 saturated heterocycles. The van der Waals surface area contributed by atoms with Gasteiger partial charge in [0.05, 0.1) is 17.0 Å². The lowest BCUT2D eigenvalue weighted by atomic mass is 9.89. The van der Waals surface area contributed by atoms with Gasteiger partial charge in [-0.2, -0.15) is 0 Å². The van der Waals surface area contributed by atoms with Crippen LogP contribution < -0.4 is 0 Å². The fraction of sp³-hybridized carbons (Fsp3) is 0.706. The molecule has 0 aromatic rings. The SMILES string of the molecule is CCOC(SCC)C1CCCN1C(=O)C1C=CC(O)=CC1(OC)[N+](=O)[O-]. The number of ether oxygens (including phenoxy) is 2. The molecular formula is C17H26N2O6S. The van der Waals surface area contributed by atoms with E-state index < -0.39 is 16.6 Å². The number of likely N-dealkylation sites (tertiary alicyclic amines) is 1. The van der Waals surface area contributed by atoms with E-state index in [-0.39, 0.29) is 23.1 Å². The fourth-order valence-corrected chi connectivity index (χ4v) is 4.56. The van der Waals surface area contributed by atoms with E-state index in [0.29, 0.717) is 13.2 Å². The average Bonchev–Trinajstić information content (AvgIpc) is 3.10. The number of nitrogens with zero attached hydrogens (tertiary/aromatic N) is 2. The van der Waals surface area contributed by atoms with E-state index in [9.17, 15) is 20.0 Å². The Morgan fingerprint density at radius 3 is 2.88 bits per heavy atom. The minimum Gasteiger partial charge on any atom is -0.508 e. The Morgan fingerprint density at radius 1 is 1.58 bits per heavy atom. The highest BCUT2D eigenvalue weighted by Crippen LogP contribution is 2.36. The van der Waals surface area contributed by atoms with Crippen LogP contribution in [0.1, 0.15) is 26.7 Å². The van der Waals surface area contributed by atoms with Crippen molar-refractivity contribution in [2.45, 2.75) is 43.9 Å². The largest absolute Gasteiger partial charge is 0.508 e. The molecule has 26 heavy (non-hydrogen) atoms. The molecule has 1 heterocycles. The van der Waals surface area contributed by atoms with E-state index in [0.717, 1.165) is 24.7 Å². The smallest absolute Gasteiger partial charge is 0.363 e. The molecule has 1 aliphatic heterocycles. The van der Waals surface area contributed by atoms with Gasteiger partial charge in [0.15, 0.2) is 5.92 Å². The monoisotopic (exact) mass is 386 g/mol. The van der Waals surface area contributed by atoms with Crippen molar-refractivity contribution in [3.8, 4) is 0 Å². The predicted molar refractivity (Wildman–Crippen MR) is 98.4 cm³/mol. The number of nitro groups is 1. The van der Waals surface area contributed by atoms with Crippen molar-refractivity contribution in [3.63, 3.8) is 0 Å². The van der Waals surface area contributed by atoms with Crippen molar-refractivity contribution < 1.29 is 24.3 Å². The summed E-state index contributed by atoms with van der Waals surface area (Å²) in [5.41, 5.74) is -2.28. The first-order valence-electron chi connectivity index (χ1n) is 8.74. The second-order valence-electron chi connectivity index (χ2n) is 6.14. The highest BCUT2D eigenvalue weighted by molar-refractivity contribution is 7.99. The molecule has 9 heteroatoms. The van der Waals surface area contributed by atoms with Gasteiger partial charge in [0.2, 0.25) is 5.91 Å². The third-order valence-electron chi connectivity index (χ3n) is 4.70.